The van der Waals surface area contributed by atoms with Gasteiger partial charge in [-0.15, -0.1) is 0 Å². The van der Waals surface area contributed by atoms with E-state index in [1.165, 1.54) is 0 Å². The van der Waals surface area contributed by atoms with Gasteiger partial charge in [0.05, 0.1) is 7.11 Å². The molecular weight excluding hydrogens is 392 g/mol. The molecule has 172 valence electrons. The van der Waals surface area contributed by atoms with Crippen molar-refractivity contribution in [3.05, 3.63) is 35.9 Å². The van der Waals surface area contributed by atoms with Gasteiger partial charge in [0.15, 0.2) is 11.5 Å². The van der Waals surface area contributed by atoms with Gasteiger partial charge in [0, 0.05) is 25.6 Å². The normalized spacial score (nSPS) is 16.5. The van der Waals surface area contributed by atoms with Crippen LogP contribution in [0.25, 0.3) is 0 Å². The number of hydrogen-bond donors (Lipinski definition) is 1. The average Bonchev–Trinajstić information content (AvgIpc) is 2.75. The molecule has 2 rings (SSSR count). The van der Waals surface area contributed by atoms with Gasteiger partial charge in [-0.3, -0.25) is 4.79 Å². The smallest absolute Gasteiger partial charge is 0.415 e. The van der Waals surface area contributed by atoms with Crippen molar-refractivity contribution in [2.24, 2.45) is 5.92 Å². The van der Waals surface area contributed by atoms with Crippen molar-refractivity contribution in [1.82, 2.24) is 10.2 Å². The number of hydrogen-bond acceptors (Lipinski definition) is 4. The number of amides is 2. The van der Waals surface area contributed by atoms with Crippen LogP contribution in [-0.4, -0.2) is 36.6 Å². The molecule has 1 fully saturated rings. The number of nitrogens with zero attached hydrogens (tertiary/aromatic N) is 1. The molecule has 1 aliphatic heterocycles. The van der Waals surface area contributed by atoms with Gasteiger partial charge >= 0.3 is 6.09 Å². The first kappa shape index (κ1) is 24.8. The number of methoxy groups -OCH3 is 1. The quantitative estimate of drug-likeness (QED) is 0.395. The predicted molar refractivity (Wildman–Crippen MR) is 123 cm³/mol. The second-order valence-electron chi connectivity index (χ2n) is 8.59. The number of piperidine rings is 1. The maximum absolute atomic E-state index is 12.5. The first-order valence-electron chi connectivity index (χ1n) is 11.5. The van der Waals surface area contributed by atoms with Gasteiger partial charge in [-0.25, -0.2) is 4.79 Å². The molecule has 1 atom stereocenters. The molecule has 1 saturated heterocycles. The van der Waals surface area contributed by atoms with Crippen molar-refractivity contribution in [3.63, 3.8) is 0 Å². The number of allylic oxidation sites excluding steroid dienone is 2. The lowest BCUT2D eigenvalue weighted by molar-refractivity contribution is -0.121. The lowest BCUT2D eigenvalue weighted by Crippen LogP contribution is -2.43. The Morgan fingerprint density at radius 1 is 1.23 bits per heavy atom. The number of benzene rings is 1. The Balaban J connectivity index is 1.80. The van der Waals surface area contributed by atoms with Crippen LogP contribution in [-0.2, 0) is 11.3 Å². The summed E-state index contributed by atoms with van der Waals surface area (Å²) in [5, 5.41) is 2.95. The summed E-state index contributed by atoms with van der Waals surface area (Å²) in [7, 11) is 1.55. The Morgan fingerprint density at radius 3 is 2.74 bits per heavy atom. The number of rotatable bonds is 10. The van der Waals surface area contributed by atoms with Crippen molar-refractivity contribution in [2.75, 3.05) is 13.7 Å². The van der Waals surface area contributed by atoms with Gasteiger partial charge in [-0.1, -0.05) is 32.1 Å². The number of ether oxygens (including phenoxy) is 2. The first-order chi connectivity index (χ1) is 14.9. The van der Waals surface area contributed by atoms with Crippen LogP contribution >= 0.6 is 0 Å². The van der Waals surface area contributed by atoms with Gasteiger partial charge in [-0.2, -0.15) is 0 Å². The first-order valence-corrected chi connectivity index (χ1v) is 11.5. The zero-order valence-electron chi connectivity index (χ0n) is 19.5. The summed E-state index contributed by atoms with van der Waals surface area (Å²) < 4.78 is 11.0. The van der Waals surface area contributed by atoms with Gasteiger partial charge < -0.3 is 19.7 Å². The fraction of sp³-hybridized carbons (Fsp3) is 0.600. The van der Waals surface area contributed by atoms with Crippen LogP contribution in [0.5, 0.6) is 11.5 Å². The molecule has 0 spiro atoms. The van der Waals surface area contributed by atoms with Crippen LogP contribution in [0.4, 0.5) is 4.79 Å². The Bertz CT molecular complexity index is 745. The maximum Gasteiger partial charge on any atom is 0.415 e. The molecule has 0 radical (unpaired) electrons. The Morgan fingerprint density at radius 2 is 2.03 bits per heavy atom. The molecule has 2 amide bonds. The van der Waals surface area contributed by atoms with Crippen LogP contribution in [0.15, 0.2) is 30.4 Å². The Labute approximate surface area is 187 Å². The summed E-state index contributed by atoms with van der Waals surface area (Å²) in [5.41, 5.74) is 0.899. The van der Waals surface area contributed by atoms with Crippen molar-refractivity contribution >= 4 is 12.0 Å². The molecule has 1 aliphatic rings. The van der Waals surface area contributed by atoms with Crippen LogP contribution in [0.3, 0.4) is 0 Å². The molecule has 0 aliphatic carbocycles. The largest absolute Gasteiger partial charge is 0.493 e. The standard InChI is InChI=1S/C25H38N2O4/c1-19(2)11-7-5-6-8-13-24(28)26-18-21-14-15-22(23(17-21)30-4)31-25(29)27-16-10-9-12-20(27)3/h7,11,14-15,17,19-20H,5-6,8-10,12-13,16,18H2,1-4H3,(H,26,28)/b11-7+. The summed E-state index contributed by atoms with van der Waals surface area (Å²) in [6.45, 7) is 7.50. The fourth-order valence-corrected chi connectivity index (χ4v) is 3.63. The average molecular weight is 431 g/mol. The highest BCUT2D eigenvalue weighted by atomic mass is 16.6. The van der Waals surface area contributed by atoms with E-state index in [1.807, 2.05) is 13.0 Å². The van der Waals surface area contributed by atoms with Gasteiger partial charge in [0.2, 0.25) is 5.91 Å². The van der Waals surface area contributed by atoms with E-state index in [9.17, 15) is 9.59 Å². The monoisotopic (exact) mass is 430 g/mol. The van der Waals surface area contributed by atoms with Crippen molar-refractivity contribution in [2.45, 2.75) is 78.3 Å². The lowest BCUT2D eigenvalue weighted by Gasteiger charge is -2.32. The number of unbranched alkanes of at least 4 members (excludes halogenated alkanes) is 2. The lowest BCUT2D eigenvalue weighted by atomic mass is 10.0. The van der Waals surface area contributed by atoms with Crippen LogP contribution < -0.4 is 14.8 Å². The number of carbonyl (C=O) groups excluding carboxylic acids is 2. The minimum Gasteiger partial charge on any atom is -0.493 e. The van der Waals surface area contributed by atoms with Crippen molar-refractivity contribution in [3.8, 4) is 11.5 Å². The van der Waals surface area contributed by atoms with E-state index in [-0.39, 0.29) is 18.0 Å². The third-order valence-electron chi connectivity index (χ3n) is 5.50. The van der Waals surface area contributed by atoms with Crippen molar-refractivity contribution < 1.29 is 19.1 Å². The molecule has 1 aromatic carbocycles. The van der Waals surface area contributed by atoms with Crippen LogP contribution in [0.1, 0.15) is 71.3 Å². The van der Waals surface area contributed by atoms with Gasteiger partial charge in [-0.05, 0) is 69.1 Å². The summed E-state index contributed by atoms with van der Waals surface area (Å²) in [4.78, 5) is 26.4. The van der Waals surface area contributed by atoms with Gasteiger partial charge in [0.1, 0.15) is 0 Å². The topological polar surface area (TPSA) is 67.9 Å². The molecule has 6 heteroatoms. The van der Waals surface area contributed by atoms with E-state index in [1.54, 1.807) is 24.1 Å². The van der Waals surface area contributed by atoms with Gasteiger partial charge in [0.25, 0.3) is 0 Å². The van der Waals surface area contributed by atoms with E-state index < -0.39 is 0 Å². The minimum absolute atomic E-state index is 0.0430. The van der Waals surface area contributed by atoms with E-state index in [0.29, 0.717) is 30.4 Å². The maximum atomic E-state index is 12.5. The predicted octanol–water partition coefficient (Wildman–Crippen LogP) is 5.46. The van der Waals surface area contributed by atoms with E-state index in [2.05, 4.69) is 31.3 Å². The van der Waals surface area contributed by atoms with E-state index in [0.717, 1.165) is 50.6 Å². The van der Waals surface area contributed by atoms with Crippen molar-refractivity contribution in [1.29, 1.82) is 0 Å². The summed E-state index contributed by atoms with van der Waals surface area (Å²) in [5.74, 6) is 1.50. The second kappa shape index (κ2) is 13.0. The zero-order chi connectivity index (χ0) is 22.6. The fourth-order valence-electron chi connectivity index (χ4n) is 3.63. The number of likely N-dealkylation sites (tertiary alicyclic amines) is 1. The summed E-state index contributed by atoms with van der Waals surface area (Å²) in [6.07, 6.45) is 10.6. The zero-order valence-corrected chi connectivity index (χ0v) is 19.5. The Hall–Kier alpha value is -2.50. The molecule has 1 aromatic rings. The molecule has 1 heterocycles. The third-order valence-corrected chi connectivity index (χ3v) is 5.50. The number of nitrogens with one attached hydrogen (secondary N) is 1. The molecule has 6 nitrogen and oxygen atoms in total. The molecule has 1 unspecified atom stereocenters. The van der Waals surface area contributed by atoms with Crippen LogP contribution in [0.2, 0.25) is 0 Å². The molecule has 31 heavy (non-hydrogen) atoms. The highest BCUT2D eigenvalue weighted by Gasteiger charge is 2.25. The van der Waals surface area contributed by atoms with E-state index >= 15 is 0 Å². The second-order valence-corrected chi connectivity index (χ2v) is 8.59. The third kappa shape index (κ3) is 8.64. The Kier molecular flexibility index (Phi) is 10.4. The SMILES string of the molecule is COc1cc(CNC(=O)CCCC/C=C/C(C)C)ccc1OC(=O)N1CCCCC1C. The highest BCUT2D eigenvalue weighted by molar-refractivity contribution is 5.76. The molecule has 0 aromatic heterocycles. The molecular formula is C25H38N2O4. The summed E-state index contributed by atoms with van der Waals surface area (Å²) >= 11 is 0. The minimum atomic E-state index is -0.338. The number of carbonyl (C=O) groups is 2. The van der Waals surface area contributed by atoms with E-state index in [4.69, 9.17) is 9.47 Å². The van der Waals surface area contributed by atoms with Crippen LogP contribution in [0, 0.1) is 5.92 Å². The molecule has 0 saturated carbocycles. The summed E-state index contributed by atoms with van der Waals surface area (Å²) in [6, 6.07) is 5.57. The molecule has 0 bridgehead atoms. The molecule has 1 N–H and O–H groups in total. The highest BCUT2D eigenvalue weighted by Crippen LogP contribution is 2.29.